The van der Waals surface area contributed by atoms with Crippen molar-refractivity contribution in [3.05, 3.63) is 18.1 Å². The van der Waals surface area contributed by atoms with Crippen molar-refractivity contribution in [3.63, 3.8) is 0 Å². The number of anilines is 1. The van der Waals surface area contributed by atoms with Crippen LogP contribution in [0.1, 0.15) is 37.3 Å². The highest BCUT2D eigenvalue weighted by Gasteiger charge is 2.23. The third-order valence-electron chi connectivity index (χ3n) is 4.74. The van der Waals surface area contributed by atoms with E-state index in [1.165, 1.54) is 36.9 Å². The van der Waals surface area contributed by atoms with Crippen molar-refractivity contribution in [1.29, 1.82) is 0 Å². The van der Waals surface area contributed by atoms with E-state index in [1.807, 2.05) is 6.33 Å². The minimum Gasteiger partial charge on any atom is -0.368 e. The predicted octanol–water partition coefficient (Wildman–Crippen LogP) is 3.10. The molecular weight excluding hydrogens is 333 g/mol. The smallest absolute Gasteiger partial charge is 0.154 e. The number of imidazole rings is 1. The molecule has 5 nitrogen and oxygen atoms in total. The van der Waals surface area contributed by atoms with Gasteiger partial charge in [0.2, 0.25) is 0 Å². The molecule has 0 amide bonds. The molecule has 2 aliphatic rings. The van der Waals surface area contributed by atoms with Crippen LogP contribution in [0.2, 0.25) is 0 Å². The van der Waals surface area contributed by atoms with Crippen molar-refractivity contribution in [2.75, 3.05) is 25.0 Å². The number of fused-ring (bicyclic) bond motifs is 1. The number of nitrogens with zero attached hydrogens (tertiary/aromatic N) is 3. The zero-order chi connectivity index (χ0) is 14.2. The molecule has 1 aliphatic carbocycles. The molecule has 128 valence electrons. The van der Waals surface area contributed by atoms with Gasteiger partial charge in [-0.15, -0.1) is 24.8 Å². The van der Waals surface area contributed by atoms with E-state index in [-0.39, 0.29) is 24.8 Å². The number of hydrogen-bond donors (Lipinski definition) is 2. The van der Waals surface area contributed by atoms with Gasteiger partial charge in [0.1, 0.15) is 5.52 Å². The zero-order valence-corrected chi connectivity index (χ0v) is 15.1. The Morgan fingerprint density at radius 3 is 2.65 bits per heavy atom. The maximum absolute atomic E-state index is 4.92. The predicted molar refractivity (Wildman–Crippen MR) is 99.1 cm³/mol. The SMILES string of the molecule is Cl.Cl.Cn1cnc2c(NCC3CC3)nc(C3CCNCC3)cc21. The standard InChI is InChI=1S/C16H23N5.2ClH/c1-21-10-19-15-14(21)8-13(12-4-6-17-7-5-12)20-16(15)18-9-11-2-3-11;;/h8,10-12,17H,2-7,9H2,1H3,(H,18,20);2*1H. The summed E-state index contributed by atoms with van der Waals surface area (Å²) in [6, 6.07) is 2.24. The number of hydrogen-bond acceptors (Lipinski definition) is 4. The largest absolute Gasteiger partial charge is 0.368 e. The molecule has 0 bridgehead atoms. The van der Waals surface area contributed by atoms with Gasteiger partial charge in [0, 0.05) is 25.2 Å². The normalized spacial score (nSPS) is 18.3. The van der Waals surface area contributed by atoms with E-state index < -0.39 is 0 Å². The molecule has 0 spiro atoms. The molecule has 7 heteroatoms. The first-order valence-electron chi connectivity index (χ1n) is 8.08. The van der Waals surface area contributed by atoms with Gasteiger partial charge in [-0.1, -0.05) is 0 Å². The van der Waals surface area contributed by atoms with Crippen molar-refractivity contribution in [2.45, 2.75) is 31.6 Å². The van der Waals surface area contributed by atoms with Crippen molar-refractivity contribution in [3.8, 4) is 0 Å². The topological polar surface area (TPSA) is 54.8 Å². The molecule has 23 heavy (non-hydrogen) atoms. The second-order valence-corrected chi connectivity index (χ2v) is 6.47. The van der Waals surface area contributed by atoms with E-state index >= 15 is 0 Å². The van der Waals surface area contributed by atoms with Gasteiger partial charge in [-0.05, 0) is 50.8 Å². The van der Waals surface area contributed by atoms with Crippen molar-refractivity contribution in [2.24, 2.45) is 13.0 Å². The Morgan fingerprint density at radius 2 is 1.96 bits per heavy atom. The lowest BCUT2D eigenvalue weighted by atomic mass is 9.94. The van der Waals surface area contributed by atoms with Crippen LogP contribution in [0.15, 0.2) is 12.4 Å². The number of pyridine rings is 1. The van der Waals surface area contributed by atoms with E-state index in [0.29, 0.717) is 5.92 Å². The summed E-state index contributed by atoms with van der Waals surface area (Å²) in [5.41, 5.74) is 3.43. The molecule has 4 rings (SSSR count). The lowest BCUT2D eigenvalue weighted by Crippen LogP contribution is -2.27. The van der Waals surface area contributed by atoms with E-state index in [1.54, 1.807) is 0 Å². The Morgan fingerprint density at radius 1 is 1.22 bits per heavy atom. The van der Waals surface area contributed by atoms with Gasteiger partial charge in [-0.25, -0.2) is 9.97 Å². The van der Waals surface area contributed by atoms with Gasteiger partial charge in [-0.3, -0.25) is 0 Å². The van der Waals surface area contributed by atoms with Crippen LogP contribution >= 0.6 is 24.8 Å². The van der Waals surface area contributed by atoms with Crippen LogP contribution in [-0.4, -0.2) is 34.2 Å². The summed E-state index contributed by atoms with van der Waals surface area (Å²) < 4.78 is 2.10. The van der Waals surface area contributed by atoms with Crippen LogP contribution in [0.5, 0.6) is 0 Å². The van der Waals surface area contributed by atoms with Gasteiger partial charge in [0.15, 0.2) is 5.82 Å². The van der Waals surface area contributed by atoms with Crippen LogP contribution < -0.4 is 10.6 Å². The molecule has 1 saturated heterocycles. The monoisotopic (exact) mass is 357 g/mol. The quantitative estimate of drug-likeness (QED) is 0.882. The Labute approximate surface area is 149 Å². The van der Waals surface area contributed by atoms with Crippen LogP contribution in [0.25, 0.3) is 11.0 Å². The van der Waals surface area contributed by atoms with Crippen molar-refractivity contribution < 1.29 is 0 Å². The average molecular weight is 358 g/mol. The Hall–Kier alpha value is -1.04. The third kappa shape index (κ3) is 3.90. The zero-order valence-electron chi connectivity index (χ0n) is 13.4. The molecule has 0 radical (unpaired) electrons. The van der Waals surface area contributed by atoms with Crippen molar-refractivity contribution >= 4 is 41.7 Å². The lowest BCUT2D eigenvalue weighted by molar-refractivity contribution is 0.454. The minimum absolute atomic E-state index is 0. The van der Waals surface area contributed by atoms with Crippen LogP contribution in [0.4, 0.5) is 5.82 Å². The third-order valence-corrected chi connectivity index (χ3v) is 4.74. The van der Waals surface area contributed by atoms with Crippen LogP contribution in [-0.2, 0) is 7.05 Å². The molecule has 2 aromatic rings. The first-order chi connectivity index (χ1) is 10.3. The lowest BCUT2D eigenvalue weighted by Gasteiger charge is -2.23. The van der Waals surface area contributed by atoms with Gasteiger partial charge in [0.05, 0.1) is 11.8 Å². The Balaban J connectivity index is 0.000000960. The summed E-state index contributed by atoms with van der Waals surface area (Å²) in [4.78, 5) is 9.45. The van der Waals surface area contributed by atoms with Gasteiger partial charge >= 0.3 is 0 Å². The highest BCUT2D eigenvalue weighted by molar-refractivity contribution is 5.86. The first-order valence-corrected chi connectivity index (χ1v) is 8.08. The fourth-order valence-corrected chi connectivity index (χ4v) is 3.16. The highest BCUT2D eigenvalue weighted by Crippen LogP contribution is 2.32. The maximum atomic E-state index is 4.92. The number of aryl methyl sites for hydroxylation is 1. The summed E-state index contributed by atoms with van der Waals surface area (Å²) >= 11 is 0. The van der Waals surface area contributed by atoms with Gasteiger partial charge in [-0.2, -0.15) is 0 Å². The molecule has 0 atom stereocenters. The molecular formula is C16H25Cl2N5. The average Bonchev–Trinajstić information content (AvgIpc) is 3.29. The second-order valence-electron chi connectivity index (χ2n) is 6.47. The summed E-state index contributed by atoms with van der Waals surface area (Å²) in [5, 5.41) is 6.97. The first kappa shape index (κ1) is 18.3. The van der Waals surface area contributed by atoms with Crippen molar-refractivity contribution in [1.82, 2.24) is 19.9 Å². The van der Waals surface area contributed by atoms with E-state index in [9.17, 15) is 0 Å². The van der Waals surface area contributed by atoms with E-state index in [4.69, 9.17) is 4.98 Å². The molecule has 0 unspecified atom stereocenters. The van der Waals surface area contributed by atoms with Crippen LogP contribution in [0.3, 0.4) is 0 Å². The minimum atomic E-state index is 0. The van der Waals surface area contributed by atoms with E-state index in [0.717, 1.165) is 36.9 Å². The number of aromatic nitrogens is 3. The maximum Gasteiger partial charge on any atom is 0.154 e. The number of nitrogens with one attached hydrogen (secondary N) is 2. The van der Waals surface area contributed by atoms with E-state index in [2.05, 4.69) is 33.3 Å². The van der Waals surface area contributed by atoms with Gasteiger partial charge in [0.25, 0.3) is 0 Å². The van der Waals surface area contributed by atoms with Gasteiger partial charge < -0.3 is 15.2 Å². The number of rotatable bonds is 4. The Kier molecular flexibility index (Phi) is 6.12. The number of piperidine rings is 1. The summed E-state index contributed by atoms with van der Waals surface area (Å²) in [6.07, 6.45) is 6.95. The molecule has 2 fully saturated rings. The number of halogens is 2. The molecule has 3 heterocycles. The molecule has 0 aromatic carbocycles. The summed E-state index contributed by atoms with van der Waals surface area (Å²) in [7, 11) is 2.06. The Bertz CT molecular complexity index is 647. The fourth-order valence-electron chi connectivity index (χ4n) is 3.16. The fraction of sp³-hybridized carbons (Fsp3) is 0.625. The molecule has 2 aromatic heterocycles. The molecule has 1 saturated carbocycles. The summed E-state index contributed by atoms with van der Waals surface area (Å²) in [5.74, 6) is 2.40. The summed E-state index contributed by atoms with van der Waals surface area (Å²) in [6.45, 7) is 3.23. The molecule has 1 aliphatic heterocycles. The highest BCUT2D eigenvalue weighted by atomic mass is 35.5. The second kappa shape index (κ2) is 7.69. The molecule has 2 N–H and O–H groups in total. The van der Waals surface area contributed by atoms with Crippen LogP contribution in [0, 0.1) is 5.92 Å².